The first-order valence-electron chi connectivity index (χ1n) is 7.52. The molecule has 0 aromatic heterocycles. The molecule has 3 rings (SSSR count). The van der Waals surface area contributed by atoms with Crippen LogP contribution in [0.1, 0.15) is 37.3 Å². The highest BCUT2D eigenvalue weighted by atomic mass is 79.9. The fraction of sp³-hybridized carbons (Fsp3) is 0.625. The molecule has 2 heterocycles. The summed E-state index contributed by atoms with van der Waals surface area (Å²) in [5.74, 6) is 2.39. The van der Waals surface area contributed by atoms with Crippen LogP contribution in [0.15, 0.2) is 22.7 Å². The molecule has 0 aliphatic carbocycles. The van der Waals surface area contributed by atoms with Crippen LogP contribution in [0.2, 0.25) is 0 Å². The minimum Gasteiger partial charge on any atom is -0.375 e. The molecular formula is C16H21BrFNOS. The summed E-state index contributed by atoms with van der Waals surface area (Å²) in [5, 5.41) is 0. The number of rotatable bonds is 2. The fourth-order valence-corrected chi connectivity index (χ4v) is 5.37. The van der Waals surface area contributed by atoms with Gasteiger partial charge in [0, 0.05) is 22.7 Å². The van der Waals surface area contributed by atoms with Crippen molar-refractivity contribution in [3.05, 3.63) is 34.1 Å². The predicted molar refractivity (Wildman–Crippen MR) is 89.0 cm³/mol. The highest BCUT2D eigenvalue weighted by molar-refractivity contribution is 9.10. The van der Waals surface area contributed by atoms with E-state index in [0.717, 1.165) is 48.3 Å². The highest BCUT2D eigenvalue weighted by Gasteiger charge is 2.41. The number of benzene rings is 1. The van der Waals surface area contributed by atoms with E-state index in [-0.39, 0.29) is 23.4 Å². The summed E-state index contributed by atoms with van der Waals surface area (Å²) in [6.07, 6.45) is 4.06. The van der Waals surface area contributed by atoms with Gasteiger partial charge in [-0.05, 0) is 55.2 Å². The third-order valence-electron chi connectivity index (χ3n) is 4.78. The summed E-state index contributed by atoms with van der Waals surface area (Å²) in [6, 6.07) is 4.80. The lowest BCUT2D eigenvalue weighted by Crippen LogP contribution is -2.45. The van der Waals surface area contributed by atoms with E-state index in [9.17, 15) is 4.39 Å². The molecule has 2 nitrogen and oxygen atoms in total. The van der Waals surface area contributed by atoms with E-state index >= 15 is 0 Å². The average Bonchev–Trinajstić information content (AvgIpc) is 2.48. The van der Waals surface area contributed by atoms with E-state index in [1.165, 1.54) is 6.07 Å². The van der Waals surface area contributed by atoms with Crippen LogP contribution in [0, 0.1) is 11.7 Å². The van der Waals surface area contributed by atoms with E-state index in [4.69, 9.17) is 10.5 Å². The Morgan fingerprint density at radius 2 is 2.14 bits per heavy atom. The number of hydrogen-bond acceptors (Lipinski definition) is 3. The molecule has 1 spiro atoms. The van der Waals surface area contributed by atoms with Crippen molar-refractivity contribution in [1.82, 2.24) is 0 Å². The Balaban J connectivity index is 1.79. The quantitative estimate of drug-likeness (QED) is 0.839. The van der Waals surface area contributed by atoms with Crippen LogP contribution in [0.4, 0.5) is 4.39 Å². The zero-order valence-corrected chi connectivity index (χ0v) is 14.4. The normalized spacial score (nSPS) is 26.7. The van der Waals surface area contributed by atoms with Gasteiger partial charge >= 0.3 is 0 Å². The van der Waals surface area contributed by atoms with Crippen LogP contribution >= 0.6 is 27.7 Å². The molecule has 2 fully saturated rings. The molecule has 2 unspecified atom stereocenters. The van der Waals surface area contributed by atoms with Gasteiger partial charge in [0.2, 0.25) is 0 Å². The fourth-order valence-electron chi connectivity index (χ4n) is 3.53. The van der Waals surface area contributed by atoms with Crippen molar-refractivity contribution in [2.45, 2.75) is 37.3 Å². The second-order valence-electron chi connectivity index (χ2n) is 6.06. The molecule has 1 aromatic carbocycles. The van der Waals surface area contributed by atoms with Crippen LogP contribution < -0.4 is 5.73 Å². The van der Waals surface area contributed by atoms with Crippen molar-refractivity contribution < 1.29 is 9.13 Å². The molecule has 2 N–H and O–H groups in total. The molecule has 0 saturated carbocycles. The van der Waals surface area contributed by atoms with Gasteiger partial charge in [0.05, 0.1) is 5.60 Å². The van der Waals surface area contributed by atoms with Crippen LogP contribution in [0.3, 0.4) is 0 Å². The van der Waals surface area contributed by atoms with Crippen LogP contribution in [0.5, 0.6) is 0 Å². The van der Waals surface area contributed by atoms with Gasteiger partial charge in [-0.2, -0.15) is 11.8 Å². The summed E-state index contributed by atoms with van der Waals surface area (Å²) in [7, 11) is 0. The predicted octanol–water partition coefficient (Wildman–Crippen LogP) is 4.28. The summed E-state index contributed by atoms with van der Waals surface area (Å²) in [6.45, 7) is 0.745. The van der Waals surface area contributed by atoms with Gasteiger partial charge < -0.3 is 10.5 Å². The number of hydrogen-bond donors (Lipinski definition) is 1. The van der Waals surface area contributed by atoms with Crippen molar-refractivity contribution in [2.75, 3.05) is 18.1 Å². The molecule has 2 aliphatic heterocycles. The summed E-state index contributed by atoms with van der Waals surface area (Å²) < 4.78 is 21.0. The molecule has 0 radical (unpaired) electrons. The van der Waals surface area contributed by atoms with Crippen LogP contribution in [-0.4, -0.2) is 23.7 Å². The van der Waals surface area contributed by atoms with E-state index in [2.05, 4.69) is 15.9 Å². The third kappa shape index (κ3) is 3.31. The first-order chi connectivity index (χ1) is 10.1. The molecule has 2 atom stereocenters. The van der Waals surface area contributed by atoms with E-state index in [0.29, 0.717) is 5.56 Å². The molecule has 0 amide bonds. The Labute approximate surface area is 138 Å². The molecular weight excluding hydrogens is 353 g/mol. The SMILES string of the molecule is NC(c1c(F)cccc1Br)C1CCOC2(CCSCC2)C1. The van der Waals surface area contributed by atoms with Gasteiger partial charge in [-0.25, -0.2) is 4.39 Å². The summed E-state index contributed by atoms with van der Waals surface area (Å²) in [4.78, 5) is 0. The number of halogens is 2. The van der Waals surface area contributed by atoms with E-state index in [1.807, 2.05) is 17.8 Å². The topological polar surface area (TPSA) is 35.2 Å². The lowest BCUT2D eigenvalue weighted by molar-refractivity contribution is -0.106. The largest absolute Gasteiger partial charge is 0.375 e. The number of thioether (sulfide) groups is 1. The maximum Gasteiger partial charge on any atom is 0.129 e. The Bertz CT molecular complexity index is 481. The van der Waals surface area contributed by atoms with Crippen LogP contribution in [-0.2, 0) is 4.74 Å². The smallest absolute Gasteiger partial charge is 0.129 e. The molecule has 5 heteroatoms. The van der Waals surface area contributed by atoms with E-state index < -0.39 is 0 Å². The monoisotopic (exact) mass is 373 g/mol. The Kier molecular flexibility index (Phi) is 4.94. The van der Waals surface area contributed by atoms with Gasteiger partial charge in [-0.1, -0.05) is 22.0 Å². The second-order valence-corrected chi connectivity index (χ2v) is 8.14. The molecule has 2 saturated heterocycles. The van der Waals surface area contributed by atoms with E-state index in [1.54, 1.807) is 6.07 Å². The van der Waals surface area contributed by atoms with Gasteiger partial charge in [-0.3, -0.25) is 0 Å². The van der Waals surface area contributed by atoms with Gasteiger partial charge in [0.15, 0.2) is 0 Å². The first kappa shape index (κ1) is 15.8. The molecule has 0 bridgehead atoms. The number of ether oxygens (including phenoxy) is 1. The minimum atomic E-state index is -0.268. The summed E-state index contributed by atoms with van der Waals surface area (Å²) >= 11 is 5.44. The lowest BCUT2D eigenvalue weighted by atomic mass is 9.77. The van der Waals surface area contributed by atoms with Gasteiger partial charge in [0.1, 0.15) is 5.82 Å². The Hall–Kier alpha value is -0.100. The third-order valence-corrected chi connectivity index (χ3v) is 6.45. The molecule has 116 valence electrons. The van der Waals surface area contributed by atoms with Crippen molar-refractivity contribution in [1.29, 1.82) is 0 Å². The molecule has 1 aromatic rings. The maximum absolute atomic E-state index is 14.1. The first-order valence-corrected chi connectivity index (χ1v) is 9.47. The van der Waals surface area contributed by atoms with Gasteiger partial charge in [0.25, 0.3) is 0 Å². The summed E-state index contributed by atoms with van der Waals surface area (Å²) in [5.41, 5.74) is 7.04. The Morgan fingerprint density at radius 1 is 1.38 bits per heavy atom. The molecule has 21 heavy (non-hydrogen) atoms. The second kappa shape index (κ2) is 6.57. The molecule has 2 aliphatic rings. The van der Waals surface area contributed by atoms with Crippen molar-refractivity contribution >= 4 is 27.7 Å². The van der Waals surface area contributed by atoms with Crippen molar-refractivity contribution in [3.8, 4) is 0 Å². The maximum atomic E-state index is 14.1. The minimum absolute atomic E-state index is 0.0104. The van der Waals surface area contributed by atoms with Crippen molar-refractivity contribution in [3.63, 3.8) is 0 Å². The lowest BCUT2D eigenvalue weighted by Gasteiger charge is -2.45. The standard InChI is InChI=1S/C16H21BrFNOS/c17-12-2-1-3-13(18)14(12)15(19)11-4-7-20-16(10-11)5-8-21-9-6-16/h1-3,11,15H,4-10,19H2. The Morgan fingerprint density at radius 3 is 2.86 bits per heavy atom. The van der Waals surface area contributed by atoms with Crippen molar-refractivity contribution in [2.24, 2.45) is 11.7 Å². The average molecular weight is 374 g/mol. The zero-order valence-electron chi connectivity index (χ0n) is 12.0. The zero-order chi connectivity index (χ0) is 14.9. The van der Waals surface area contributed by atoms with Crippen LogP contribution in [0.25, 0.3) is 0 Å². The highest BCUT2D eigenvalue weighted by Crippen LogP contribution is 2.44. The van der Waals surface area contributed by atoms with Gasteiger partial charge in [-0.15, -0.1) is 0 Å². The number of nitrogens with two attached hydrogens (primary N) is 1.